The Morgan fingerprint density at radius 3 is 0.667 bits per heavy atom. The lowest BCUT2D eigenvalue weighted by molar-refractivity contribution is -0.0396. The molecule has 0 N–H and O–H groups in total. The van der Waals surface area contributed by atoms with E-state index in [4.69, 9.17) is 0 Å². The molecule has 0 saturated heterocycles. The monoisotopic (exact) mass is 771 g/mol. The topological polar surface area (TPSA) is 0 Å². The van der Waals surface area contributed by atoms with Gasteiger partial charge in [-0.15, -0.1) is 0 Å². The van der Waals surface area contributed by atoms with Gasteiger partial charge in [0.2, 0.25) is 0 Å². The summed E-state index contributed by atoms with van der Waals surface area (Å²) in [6.45, 7) is 61.4. The average Bonchev–Trinajstić information content (AvgIpc) is 3.20. The van der Waals surface area contributed by atoms with Crippen LogP contribution in [0.1, 0.15) is 294 Å². The molecule has 0 bridgehead atoms. The van der Waals surface area contributed by atoms with Gasteiger partial charge in [-0.2, -0.15) is 0 Å². The van der Waals surface area contributed by atoms with Crippen LogP contribution in [0.2, 0.25) is 0 Å². The van der Waals surface area contributed by atoms with Crippen molar-refractivity contribution in [1.82, 2.24) is 0 Å². The summed E-state index contributed by atoms with van der Waals surface area (Å²) in [6, 6.07) is 0. The van der Waals surface area contributed by atoms with Crippen molar-refractivity contribution in [3.05, 3.63) is 0 Å². The van der Waals surface area contributed by atoms with Gasteiger partial charge in [-0.3, -0.25) is 0 Å². The van der Waals surface area contributed by atoms with Gasteiger partial charge in [-0.05, 0) is 117 Å². The lowest BCUT2D eigenvalue weighted by Crippen LogP contribution is -2.44. The van der Waals surface area contributed by atoms with E-state index in [1.54, 1.807) is 0 Å². The second-order valence-corrected chi connectivity index (χ2v) is 27.1. The van der Waals surface area contributed by atoms with Crippen LogP contribution < -0.4 is 0 Å². The van der Waals surface area contributed by atoms with Crippen molar-refractivity contribution < 1.29 is 0 Å². The predicted molar refractivity (Wildman–Crippen MR) is 263 cm³/mol. The van der Waals surface area contributed by atoms with Gasteiger partial charge >= 0.3 is 0 Å². The molecule has 0 aliphatic heterocycles. The molecule has 0 heterocycles. The summed E-state index contributed by atoms with van der Waals surface area (Å²) in [7, 11) is 0. The van der Waals surface area contributed by atoms with Gasteiger partial charge in [-0.1, -0.05) is 236 Å². The van der Waals surface area contributed by atoms with E-state index in [9.17, 15) is 0 Å². The molecule has 0 aromatic rings. The van der Waals surface area contributed by atoms with Gasteiger partial charge in [0.15, 0.2) is 0 Å². The van der Waals surface area contributed by atoms with Gasteiger partial charge in [0.05, 0.1) is 0 Å². The standard InChI is InChI=1S/C14H28.C13H26.C12H26.C10H22.5CH4/c1-12(2,3)11-14(13(4,5)6)9-7-8-10-14;1-11(2,3)10-13(8-7-9-13)12(4,5)6;1-10(2,3)9-12(7,8)11(4,5)6;1-9(2,3)7-8-10(4,5)6;;;;;/h7-11H2,1-6H3;7-10H2,1-6H3;9H2,1-8H3;7-8H2,1-6H3;5*1H4. The number of hydrogen-bond acceptors (Lipinski definition) is 0. The summed E-state index contributed by atoms with van der Waals surface area (Å²) < 4.78 is 0. The van der Waals surface area contributed by atoms with E-state index >= 15 is 0 Å². The molecular weight excluding hydrogens is 649 g/mol. The second kappa shape index (κ2) is 23.6. The van der Waals surface area contributed by atoms with Crippen molar-refractivity contribution in [2.24, 2.45) is 59.6 Å². The maximum Gasteiger partial charge on any atom is -0.0244 e. The first-order valence-corrected chi connectivity index (χ1v) is 21.0. The first-order valence-electron chi connectivity index (χ1n) is 21.0. The molecule has 0 radical (unpaired) electrons. The van der Waals surface area contributed by atoms with Crippen molar-refractivity contribution >= 4 is 0 Å². The zero-order valence-electron chi connectivity index (χ0n) is 40.0. The van der Waals surface area contributed by atoms with E-state index in [1.807, 2.05) is 0 Å². The largest absolute Gasteiger partial charge is 0.0776 e. The van der Waals surface area contributed by atoms with Crippen LogP contribution in [0.3, 0.4) is 0 Å². The molecule has 2 aliphatic carbocycles. The molecule has 2 aliphatic rings. The maximum atomic E-state index is 2.43. The van der Waals surface area contributed by atoms with E-state index in [1.165, 1.54) is 77.0 Å². The van der Waals surface area contributed by atoms with Gasteiger partial charge in [0.25, 0.3) is 0 Å². The summed E-state index contributed by atoms with van der Waals surface area (Å²) in [5, 5.41) is 0. The quantitative estimate of drug-likeness (QED) is 0.267. The van der Waals surface area contributed by atoms with Gasteiger partial charge in [-0.25, -0.2) is 0 Å². The van der Waals surface area contributed by atoms with E-state index in [-0.39, 0.29) is 37.1 Å². The molecule has 2 saturated carbocycles. The van der Waals surface area contributed by atoms with Crippen molar-refractivity contribution in [2.45, 2.75) is 294 Å². The highest BCUT2D eigenvalue weighted by Gasteiger charge is 2.48. The smallest absolute Gasteiger partial charge is 0.0244 e. The van der Waals surface area contributed by atoms with E-state index in [2.05, 4.69) is 180 Å². The van der Waals surface area contributed by atoms with Crippen LogP contribution in [0.15, 0.2) is 0 Å². The Labute approximate surface area is 352 Å². The molecule has 2 rings (SSSR count). The highest BCUT2D eigenvalue weighted by atomic mass is 14.5. The second-order valence-electron chi connectivity index (χ2n) is 27.1. The lowest BCUT2D eigenvalue weighted by atomic mass is 9.51. The minimum atomic E-state index is 0. The maximum absolute atomic E-state index is 2.43. The molecule has 0 aromatic carbocycles. The molecule has 0 amide bonds. The van der Waals surface area contributed by atoms with Crippen LogP contribution in [0.25, 0.3) is 0 Å². The van der Waals surface area contributed by atoms with Crippen LogP contribution in [-0.4, -0.2) is 0 Å². The highest BCUT2D eigenvalue weighted by molar-refractivity contribution is 4.99. The van der Waals surface area contributed by atoms with Crippen molar-refractivity contribution in [1.29, 1.82) is 0 Å². The summed E-state index contributed by atoms with van der Waals surface area (Å²) in [6.07, 6.45) is 16.9. The Kier molecular flexibility index (Phi) is 30.0. The molecule has 54 heavy (non-hydrogen) atoms. The van der Waals surface area contributed by atoms with Crippen molar-refractivity contribution in [2.75, 3.05) is 0 Å². The molecule has 0 heteroatoms. The molecule has 338 valence electrons. The zero-order chi connectivity index (χ0) is 40.0. The number of rotatable bonds is 4. The van der Waals surface area contributed by atoms with Gasteiger partial charge in [0.1, 0.15) is 0 Å². The SMILES string of the molecule is C.C.C.C.C.CC(C)(C)CC(C)(C)C(C)(C)C.CC(C)(C)CC1(C(C)(C)C)CCC1.CC(C)(C)CC1(C(C)(C)C)CCCC1.CC(C)(C)CCC(C)(C)C. The van der Waals surface area contributed by atoms with Crippen LogP contribution in [0.4, 0.5) is 0 Å². The first kappa shape index (κ1) is 68.7. The molecule has 0 unspecified atom stereocenters. The third-order valence-corrected chi connectivity index (χ3v) is 12.4. The Hall–Kier alpha value is 0. The van der Waals surface area contributed by atoms with Crippen LogP contribution in [0.5, 0.6) is 0 Å². The average molecular weight is 772 g/mol. The molecule has 0 nitrogen and oxygen atoms in total. The Morgan fingerprint density at radius 1 is 0.315 bits per heavy atom. The van der Waals surface area contributed by atoms with Gasteiger partial charge in [0, 0.05) is 0 Å². The highest BCUT2D eigenvalue weighted by Crippen LogP contribution is 2.59. The molecule has 0 atom stereocenters. The van der Waals surface area contributed by atoms with Crippen LogP contribution in [-0.2, 0) is 0 Å². The van der Waals surface area contributed by atoms with E-state index in [0.29, 0.717) is 59.6 Å². The summed E-state index contributed by atoms with van der Waals surface area (Å²) in [4.78, 5) is 0. The summed E-state index contributed by atoms with van der Waals surface area (Å²) in [5.41, 5.74) is 5.50. The fourth-order valence-corrected chi connectivity index (χ4v) is 8.41. The van der Waals surface area contributed by atoms with Crippen LogP contribution in [0, 0.1) is 59.6 Å². The minimum absolute atomic E-state index is 0. The normalized spacial score (nSPS) is 17.2. The Balaban J connectivity index is -0.000000107. The Morgan fingerprint density at radius 2 is 0.556 bits per heavy atom. The van der Waals surface area contributed by atoms with E-state index in [0.717, 1.165) is 0 Å². The molecular formula is C54H122. The zero-order valence-corrected chi connectivity index (χ0v) is 40.0. The predicted octanol–water partition coefficient (Wildman–Crippen LogP) is 21.2. The molecule has 0 aromatic heterocycles. The van der Waals surface area contributed by atoms with E-state index < -0.39 is 0 Å². The lowest BCUT2D eigenvalue weighted by Gasteiger charge is -2.54. The summed E-state index contributed by atoms with van der Waals surface area (Å²) in [5.74, 6) is 0. The first-order chi connectivity index (χ1) is 21.0. The molecule has 0 spiro atoms. The number of hydrogen-bond donors (Lipinski definition) is 0. The van der Waals surface area contributed by atoms with Gasteiger partial charge < -0.3 is 0 Å². The van der Waals surface area contributed by atoms with Crippen molar-refractivity contribution in [3.63, 3.8) is 0 Å². The Bertz CT molecular complexity index is 872. The molecule has 2 fully saturated rings. The third kappa shape index (κ3) is 28.4. The third-order valence-electron chi connectivity index (χ3n) is 12.4. The minimum Gasteiger partial charge on any atom is -0.0776 e. The fourth-order valence-electron chi connectivity index (χ4n) is 8.41. The summed E-state index contributed by atoms with van der Waals surface area (Å²) >= 11 is 0. The van der Waals surface area contributed by atoms with Crippen molar-refractivity contribution in [3.8, 4) is 0 Å². The van der Waals surface area contributed by atoms with Crippen LogP contribution >= 0.6 is 0 Å². The fraction of sp³-hybridized carbons (Fsp3) is 1.00.